The van der Waals surface area contributed by atoms with Crippen molar-refractivity contribution in [1.29, 1.82) is 0 Å². The summed E-state index contributed by atoms with van der Waals surface area (Å²) in [4.78, 5) is 31.4. The van der Waals surface area contributed by atoms with E-state index in [1.54, 1.807) is 0 Å². The Morgan fingerprint density at radius 2 is 1.88 bits per heavy atom. The Labute approximate surface area is 150 Å². The maximum absolute atomic E-state index is 12.4. The van der Waals surface area contributed by atoms with E-state index in [0.717, 1.165) is 22.4 Å². The van der Waals surface area contributed by atoms with Crippen LogP contribution in [0.3, 0.4) is 0 Å². The second kappa shape index (κ2) is 6.63. The average Bonchev–Trinajstić information content (AvgIpc) is 3.29. The molecule has 1 amide bonds. The Hall–Kier alpha value is -3.15. The van der Waals surface area contributed by atoms with Gasteiger partial charge in [-0.05, 0) is 43.5 Å². The topological polar surface area (TPSA) is 95.1 Å². The summed E-state index contributed by atoms with van der Waals surface area (Å²) in [7, 11) is 0. The molecule has 1 fully saturated rings. The lowest BCUT2D eigenvalue weighted by molar-refractivity contribution is -0.141. The normalized spacial score (nSPS) is 19.5. The molecule has 0 spiro atoms. The van der Waals surface area contributed by atoms with Gasteiger partial charge in [0.25, 0.3) is 0 Å². The summed E-state index contributed by atoms with van der Waals surface area (Å²) in [5.41, 5.74) is 3.42. The molecular weight excluding hydrogens is 330 g/mol. The maximum atomic E-state index is 12.4. The minimum atomic E-state index is -0.813. The highest BCUT2D eigenvalue weighted by atomic mass is 16.4. The molecule has 0 saturated heterocycles. The van der Waals surface area contributed by atoms with E-state index in [1.165, 1.54) is 0 Å². The van der Waals surface area contributed by atoms with Crippen LogP contribution in [0.1, 0.15) is 19.3 Å². The van der Waals surface area contributed by atoms with E-state index in [0.29, 0.717) is 24.9 Å². The second-order valence-electron chi connectivity index (χ2n) is 6.72. The fourth-order valence-electron chi connectivity index (χ4n) is 3.52. The van der Waals surface area contributed by atoms with Crippen LogP contribution in [0.4, 0.5) is 5.69 Å². The van der Waals surface area contributed by atoms with E-state index in [2.05, 4.69) is 15.3 Å². The Kier molecular flexibility index (Phi) is 4.16. The summed E-state index contributed by atoms with van der Waals surface area (Å²) in [6, 6.07) is 15.3. The SMILES string of the molecule is O=C(O)[C@@H]1CC[C@H](C(=O)Nc2cccc(-c3nc4ccccc4[nH]3)c2)C1. The third kappa shape index (κ3) is 3.18. The van der Waals surface area contributed by atoms with Crippen LogP contribution in [-0.4, -0.2) is 27.0 Å². The highest BCUT2D eigenvalue weighted by molar-refractivity contribution is 5.94. The third-order valence-corrected chi connectivity index (χ3v) is 4.95. The number of carbonyl (C=O) groups is 2. The number of carbonyl (C=O) groups excluding carboxylic acids is 1. The molecule has 1 heterocycles. The van der Waals surface area contributed by atoms with E-state index in [-0.39, 0.29) is 11.8 Å². The van der Waals surface area contributed by atoms with Crippen LogP contribution in [0.5, 0.6) is 0 Å². The number of amides is 1. The summed E-state index contributed by atoms with van der Waals surface area (Å²) in [6.45, 7) is 0. The second-order valence-corrected chi connectivity index (χ2v) is 6.72. The van der Waals surface area contributed by atoms with E-state index >= 15 is 0 Å². The molecule has 0 bridgehead atoms. The predicted octanol–water partition coefficient (Wildman–Crippen LogP) is 3.67. The number of imidazole rings is 1. The van der Waals surface area contributed by atoms with Crippen molar-refractivity contribution < 1.29 is 14.7 Å². The first kappa shape index (κ1) is 16.3. The zero-order valence-corrected chi connectivity index (χ0v) is 14.1. The minimum Gasteiger partial charge on any atom is -0.481 e. The summed E-state index contributed by atoms with van der Waals surface area (Å²) >= 11 is 0. The summed E-state index contributed by atoms with van der Waals surface area (Å²) < 4.78 is 0. The Bertz CT molecular complexity index is 946. The zero-order chi connectivity index (χ0) is 18.1. The number of carboxylic acid groups (broad SMARTS) is 1. The molecule has 0 aliphatic heterocycles. The molecule has 2 aromatic carbocycles. The standard InChI is InChI=1S/C20H19N3O3/c24-19(13-8-9-14(10-13)20(25)26)21-15-5-3-4-12(11-15)18-22-16-6-1-2-7-17(16)23-18/h1-7,11,13-14H,8-10H2,(H,21,24)(H,22,23)(H,25,26)/t13-,14+/m0/s1. The van der Waals surface area contributed by atoms with Crippen LogP contribution in [0.2, 0.25) is 0 Å². The van der Waals surface area contributed by atoms with Crippen LogP contribution < -0.4 is 5.32 Å². The van der Waals surface area contributed by atoms with Crippen molar-refractivity contribution in [1.82, 2.24) is 9.97 Å². The number of aliphatic carboxylic acids is 1. The van der Waals surface area contributed by atoms with E-state index in [4.69, 9.17) is 5.11 Å². The molecule has 4 rings (SSSR count). The summed E-state index contributed by atoms with van der Waals surface area (Å²) in [6.07, 6.45) is 1.59. The van der Waals surface area contributed by atoms with Gasteiger partial charge in [-0.2, -0.15) is 0 Å². The number of anilines is 1. The molecule has 1 aromatic heterocycles. The number of hydrogen-bond acceptors (Lipinski definition) is 3. The summed E-state index contributed by atoms with van der Waals surface area (Å²) in [5.74, 6) is -0.838. The van der Waals surface area contributed by atoms with Gasteiger partial charge in [-0.1, -0.05) is 24.3 Å². The van der Waals surface area contributed by atoms with Crippen molar-refractivity contribution >= 4 is 28.6 Å². The highest BCUT2D eigenvalue weighted by Gasteiger charge is 2.33. The first-order valence-corrected chi connectivity index (χ1v) is 8.69. The largest absolute Gasteiger partial charge is 0.481 e. The van der Waals surface area contributed by atoms with Gasteiger partial charge in [-0.15, -0.1) is 0 Å². The van der Waals surface area contributed by atoms with Gasteiger partial charge in [0.1, 0.15) is 5.82 Å². The van der Waals surface area contributed by atoms with Gasteiger partial charge < -0.3 is 15.4 Å². The average molecular weight is 349 g/mol. The van der Waals surface area contributed by atoms with Crippen molar-refractivity contribution in [3.8, 4) is 11.4 Å². The number of H-pyrrole nitrogens is 1. The van der Waals surface area contributed by atoms with Gasteiger partial charge >= 0.3 is 5.97 Å². The van der Waals surface area contributed by atoms with E-state index in [1.807, 2.05) is 48.5 Å². The first-order chi connectivity index (χ1) is 12.6. The molecule has 1 aliphatic rings. The number of para-hydroxylation sites is 2. The number of hydrogen-bond donors (Lipinski definition) is 3. The Balaban J connectivity index is 1.51. The minimum absolute atomic E-state index is 0.115. The first-order valence-electron chi connectivity index (χ1n) is 8.69. The van der Waals surface area contributed by atoms with Gasteiger partial charge in [0.2, 0.25) is 5.91 Å². The molecule has 0 radical (unpaired) electrons. The molecule has 3 N–H and O–H groups in total. The van der Waals surface area contributed by atoms with E-state index in [9.17, 15) is 9.59 Å². The fourth-order valence-corrected chi connectivity index (χ4v) is 3.52. The number of aromatic nitrogens is 2. The lowest BCUT2D eigenvalue weighted by Gasteiger charge is -2.11. The molecule has 26 heavy (non-hydrogen) atoms. The number of nitrogens with one attached hydrogen (secondary N) is 2. The number of carboxylic acids is 1. The van der Waals surface area contributed by atoms with E-state index < -0.39 is 11.9 Å². The molecule has 3 aromatic rings. The smallest absolute Gasteiger partial charge is 0.306 e. The quantitative estimate of drug-likeness (QED) is 0.670. The van der Waals surface area contributed by atoms with Crippen molar-refractivity contribution in [2.75, 3.05) is 5.32 Å². The van der Waals surface area contributed by atoms with Gasteiger partial charge in [-0.25, -0.2) is 4.98 Å². The molecule has 6 nitrogen and oxygen atoms in total. The van der Waals surface area contributed by atoms with Gasteiger partial charge in [-0.3, -0.25) is 9.59 Å². The monoisotopic (exact) mass is 349 g/mol. The molecule has 1 saturated carbocycles. The van der Waals surface area contributed by atoms with Crippen LogP contribution in [-0.2, 0) is 9.59 Å². The number of rotatable bonds is 4. The van der Waals surface area contributed by atoms with Crippen molar-refractivity contribution in [2.24, 2.45) is 11.8 Å². The Morgan fingerprint density at radius 1 is 1.08 bits per heavy atom. The molecule has 2 atom stereocenters. The van der Waals surface area contributed by atoms with Crippen LogP contribution in [0, 0.1) is 11.8 Å². The van der Waals surface area contributed by atoms with Gasteiger partial charge in [0.15, 0.2) is 0 Å². The maximum Gasteiger partial charge on any atom is 0.306 e. The fraction of sp³-hybridized carbons (Fsp3) is 0.250. The number of aromatic amines is 1. The summed E-state index contributed by atoms with van der Waals surface area (Å²) in [5, 5.41) is 12.0. The van der Waals surface area contributed by atoms with Crippen LogP contribution in [0.15, 0.2) is 48.5 Å². The number of nitrogens with zero attached hydrogens (tertiary/aromatic N) is 1. The lowest BCUT2D eigenvalue weighted by Crippen LogP contribution is -2.21. The van der Waals surface area contributed by atoms with Crippen LogP contribution in [0.25, 0.3) is 22.4 Å². The molecular formula is C20H19N3O3. The van der Waals surface area contributed by atoms with Crippen molar-refractivity contribution in [3.05, 3.63) is 48.5 Å². The van der Waals surface area contributed by atoms with Gasteiger partial charge in [0.05, 0.1) is 17.0 Å². The predicted molar refractivity (Wildman–Crippen MR) is 98.6 cm³/mol. The van der Waals surface area contributed by atoms with Crippen molar-refractivity contribution in [2.45, 2.75) is 19.3 Å². The third-order valence-electron chi connectivity index (χ3n) is 4.95. The van der Waals surface area contributed by atoms with Crippen LogP contribution >= 0.6 is 0 Å². The molecule has 0 unspecified atom stereocenters. The lowest BCUT2D eigenvalue weighted by atomic mass is 10.0. The Morgan fingerprint density at radius 3 is 2.65 bits per heavy atom. The number of benzene rings is 2. The van der Waals surface area contributed by atoms with Crippen molar-refractivity contribution in [3.63, 3.8) is 0 Å². The molecule has 1 aliphatic carbocycles. The zero-order valence-electron chi connectivity index (χ0n) is 14.1. The molecule has 132 valence electrons. The number of fused-ring (bicyclic) bond motifs is 1. The highest BCUT2D eigenvalue weighted by Crippen LogP contribution is 2.32. The van der Waals surface area contributed by atoms with Gasteiger partial charge in [0, 0.05) is 17.2 Å². The molecule has 6 heteroatoms.